The second-order valence-corrected chi connectivity index (χ2v) is 4.33. The van der Waals surface area contributed by atoms with E-state index >= 15 is 0 Å². The molecule has 1 aromatic rings. The molecule has 0 bridgehead atoms. The maximum Gasteiger partial charge on any atom is 0.408 e. The standard InChI is InChI=1S/C13H18N2O4/c1-14(2)12(17)11(9-16)15(13(18)19)8-10-6-4-3-5-7-10/h3-7,11,16H,8-9H2,1-2H3,(H,18,19). The average Bonchev–Trinajstić information content (AvgIpc) is 2.39. The number of carbonyl (C=O) groups is 2. The zero-order valence-electron chi connectivity index (χ0n) is 11.0. The molecule has 0 aliphatic heterocycles. The molecule has 0 saturated heterocycles. The van der Waals surface area contributed by atoms with Crippen LogP contribution in [0, 0.1) is 0 Å². The van der Waals surface area contributed by atoms with Gasteiger partial charge in [0.05, 0.1) is 6.61 Å². The summed E-state index contributed by atoms with van der Waals surface area (Å²) in [6.45, 7) is -0.489. The van der Waals surface area contributed by atoms with Gasteiger partial charge in [-0.05, 0) is 5.56 Å². The first-order valence-corrected chi connectivity index (χ1v) is 5.83. The highest BCUT2D eigenvalue weighted by atomic mass is 16.4. The minimum atomic E-state index is -1.24. The van der Waals surface area contributed by atoms with E-state index in [1.807, 2.05) is 6.07 Å². The van der Waals surface area contributed by atoms with Gasteiger partial charge >= 0.3 is 6.09 Å². The van der Waals surface area contributed by atoms with Crippen LogP contribution in [-0.2, 0) is 11.3 Å². The van der Waals surface area contributed by atoms with Gasteiger partial charge in [0, 0.05) is 20.6 Å². The third-order valence-electron chi connectivity index (χ3n) is 2.72. The molecule has 0 aliphatic carbocycles. The number of hydrogen-bond acceptors (Lipinski definition) is 3. The van der Waals surface area contributed by atoms with E-state index in [1.54, 1.807) is 24.3 Å². The van der Waals surface area contributed by atoms with Crippen molar-refractivity contribution in [2.45, 2.75) is 12.6 Å². The quantitative estimate of drug-likeness (QED) is 0.818. The fourth-order valence-electron chi connectivity index (χ4n) is 1.70. The number of aliphatic hydroxyl groups is 1. The van der Waals surface area contributed by atoms with Gasteiger partial charge in [-0.2, -0.15) is 0 Å². The molecule has 2 N–H and O–H groups in total. The summed E-state index contributed by atoms with van der Waals surface area (Å²) in [5.74, 6) is -0.444. The number of aliphatic hydroxyl groups excluding tert-OH is 1. The van der Waals surface area contributed by atoms with Gasteiger partial charge < -0.3 is 15.1 Å². The fraction of sp³-hybridized carbons (Fsp3) is 0.385. The Morgan fingerprint density at radius 3 is 2.21 bits per heavy atom. The maximum absolute atomic E-state index is 11.9. The third kappa shape index (κ3) is 3.96. The number of benzene rings is 1. The number of nitrogens with zero attached hydrogens (tertiary/aromatic N) is 2. The number of rotatable bonds is 5. The molecule has 1 atom stereocenters. The second-order valence-electron chi connectivity index (χ2n) is 4.33. The van der Waals surface area contributed by atoms with Crippen LogP contribution in [-0.4, -0.2) is 58.8 Å². The lowest BCUT2D eigenvalue weighted by Crippen LogP contribution is -2.50. The van der Waals surface area contributed by atoms with E-state index in [0.29, 0.717) is 0 Å². The van der Waals surface area contributed by atoms with Crippen molar-refractivity contribution in [2.24, 2.45) is 0 Å². The van der Waals surface area contributed by atoms with Crippen LogP contribution in [0.15, 0.2) is 30.3 Å². The number of likely N-dealkylation sites (N-methyl/N-ethyl adjacent to an activating group) is 1. The third-order valence-corrected chi connectivity index (χ3v) is 2.72. The molecule has 0 aromatic heterocycles. The zero-order valence-corrected chi connectivity index (χ0v) is 11.0. The summed E-state index contributed by atoms with van der Waals surface area (Å²) in [5, 5.41) is 18.5. The summed E-state index contributed by atoms with van der Waals surface area (Å²) in [4.78, 5) is 25.4. The Hall–Kier alpha value is -2.08. The van der Waals surface area contributed by atoms with Crippen molar-refractivity contribution >= 4 is 12.0 Å². The Labute approximate surface area is 111 Å². The summed E-state index contributed by atoms with van der Waals surface area (Å²) in [7, 11) is 3.04. The van der Waals surface area contributed by atoms with Gasteiger partial charge in [0.1, 0.15) is 6.04 Å². The molecule has 0 saturated carbocycles. The van der Waals surface area contributed by atoms with E-state index in [0.717, 1.165) is 10.5 Å². The first-order valence-electron chi connectivity index (χ1n) is 5.83. The summed E-state index contributed by atoms with van der Waals surface area (Å²) < 4.78 is 0. The normalized spacial score (nSPS) is 11.7. The number of carbonyl (C=O) groups excluding carboxylic acids is 1. The lowest BCUT2D eigenvalue weighted by Gasteiger charge is -2.29. The molecule has 2 amide bonds. The summed E-state index contributed by atoms with van der Waals surface area (Å²) in [6.07, 6.45) is -1.24. The van der Waals surface area contributed by atoms with Crippen LogP contribution in [0.1, 0.15) is 5.56 Å². The predicted molar refractivity (Wildman–Crippen MR) is 69.6 cm³/mol. The first-order chi connectivity index (χ1) is 8.97. The van der Waals surface area contributed by atoms with Crippen molar-refractivity contribution in [1.29, 1.82) is 0 Å². The van der Waals surface area contributed by atoms with Crippen molar-refractivity contribution in [3.8, 4) is 0 Å². The van der Waals surface area contributed by atoms with E-state index in [4.69, 9.17) is 0 Å². The van der Waals surface area contributed by atoms with Crippen molar-refractivity contribution in [3.63, 3.8) is 0 Å². The molecular weight excluding hydrogens is 248 g/mol. The summed E-state index contributed by atoms with van der Waals surface area (Å²) in [6, 6.07) is 7.85. The number of carboxylic acid groups (broad SMARTS) is 1. The van der Waals surface area contributed by atoms with Crippen LogP contribution in [0.4, 0.5) is 4.79 Å². The Bertz CT molecular complexity index is 434. The second kappa shape index (κ2) is 6.75. The molecule has 6 nitrogen and oxygen atoms in total. The number of amides is 2. The maximum atomic E-state index is 11.9. The first kappa shape index (κ1) is 15.0. The predicted octanol–water partition coefficient (Wildman–Crippen LogP) is 0.616. The molecule has 104 valence electrons. The fourth-order valence-corrected chi connectivity index (χ4v) is 1.70. The molecule has 0 radical (unpaired) electrons. The SMILES string of the molecule is CN(C)C(=O)C(CO)N(Cc1ccccc1)C(=O)O. The van der Waals surface area contributed by atoms with Crippen molar-refractivity contribution in [3.05, 3.63) is 35.9 Å². The van der Waals surface area contributed by atoms with Crippen LogP contribution >= 0.6 is 0 Å². The van der Waals surface area contributed by atoms with E-state index < -0.39 is 24.6 Å². The Morgan fingerprint density at radius 1 is 1.21 bits per heavy atom. The smallest absolute Gasteiger partial charge is 0.408 e. The topological polar surface area (TPSA) is 81.1 Å². The molecule has 1 rings (SSSR count). The lowest BCUT2D eigenvalue weighted by molar-refractivity contribution is -0.135. The van der Waals surface area contributed by atoms with Gasteiger partial charge in [0.2, 0.25) is 5.91 Å². The Kier molecular flexibility index (Phi) is 5.32. The molecule has 1 unspecified atom stereocenters. The van der Waals surface area contributed by atoms with Gasteiger partial charge in [0.25, 0.3) is 0 Å². The Balaban J connectivity index is 2.93. The van der Waals surface area contributed by atoms with Crippen molar-refractivity contribution < 1.29 is 19.8 Å². The van der Waals surface area contributed by atoms with E-state index in [2.05, 4.69) is 0 Å². The van der Waals surface area contributed by atoms with Crippen LogP contribution in [0.25, 0.3) is 0 Å². The van der Waals surface area contributed by atoms with E-state index in [-0.39, 0.29) is 6.54 Å². The van der Waals surface area contributed by atoms with E-state index in [1.165, 1.54) is 19.0 Å². The molecular formula is C13H18N2O4. The Morgan fingerprint density at radius 2 is 1.79 bits per heavy atom. The van der Waals surface area contributed by atoms with Crippen LogP contribution in [0.3, 0.4) is 0 Å². The minimum absolute atomic E-state index is 0.0565. The highest BCUT2D eigenvalue weighted by molar-refractivity contribution is 5.85. The van der Waals surface area contributed by atoms with Crippen molar-refractivity contribution in [2.75, 3.05) is 20.7 Å². The molecule has 6 heteroatoms. The highest BCUT2D eigenvalue weighted by Gasteiger charge is 2.30. The summed E-state index contributed by atoms with van der Waals surface area (Å²) in [5.41, 5.74) is 0.759. The summed E-state index contributed by atoms with van der Waals surface area (Å²) >= 11 is 0. The largest absolute Gasteiger partial charge is 0.465 e. The zero-order chi connectivity index (χ0) is 14.4. The average molecular weight is 266 g/mol. The number of hydrogen-bond donors (Lipinski definition) is 2. The van der Waals surface area contributed by atoms with Gasteiger partial charge in [-0.3, -0.25) is 9.69 Å². The van der Waals surface area contributed by atoms with Gasteiger partial charge in [0.15, 0.2) is 0 Å². The van der Waals surface area contributed by atoms with Gasteiger partial charge in [-0.1, -0.05) is 30.3 Å². The molecule has 0 spiro atoms. The highest BCUT2D eigenvalue weighted by Crippen LogP contribution is 2.10. The molecule has 0 fully saturated rings. The van der Waals surface area contributed by atoms with Crippen molar-refractivity contribution in [1.82, 2.24) is 9.80 Å². The minimum Gasteiger partial charge on any atom is -0.465 e. The molecule has 19 heavy (non-hydrogen) atoms. The molecule has 0 aliphatic rings. The monoisotopic (exact) mass is 266 g/mol. The van der Waals surface area contributed by atoms with Crippen LogP contribution in [0.2, 0.25) is 0 Å². The van der Waals surface area contributed by atoms with E-state index in [9.17, 15) is 19.8 Å². The lowest BCUT2D eigenvalue weighted by atomic mass is 10.1. The van der Waals surface area contributed by atoms with Gasteiger partial charge in [-0.25, -0.2) is 4.79 Å². The van der Waals surface area contributed by atoms with Crippen LogP contribution < -0.4 is 0 Å². The molecule has 1 aromatic carbocycles. The van der Waals surface area contributed by atoms with Gasteiger partial charge in [-0.15, -0.1) is 0 Å². The molecule has 0 heterocycles. The van der Waals surface area contributed by atoms with Crippen LogP contribution in [0.5, 0.6) is 0 Å².